The Labute approximate surface area is 157 Å². The molecule has 3 atom stereocenters. The molecule has 2 aromatic rings. The van der Waals surface area contributed by atoms with Crippen LogP contribution in [0.5, 0.6) is 5.75 Å². The van der Waals surface area contributed by atoms with Crippen molar-refractivity contribution < 1.29 is 14.2 Å². The first-order valence-electron chi connectivity index (χ1n) is 7.94. The molecule has 0 bridgehead atoms. The van der Waals surface area contributed by atoms with E-state index in [1.165, 1.54) is 6.33 Å². The van der Waals surface area contributed by atoms with Crippen LogP contribution >= 0.6 is 23.2 Å². The summed E-state index contributed by atoms with van der Waals surface area (Å²) in [5.41, 5.74) is -0.437. The van der Waals surface area contributed by atoms with Gasteiger partial charge in [-0.2, -0.15) is 9.78 Å². The number of nitrogens with zero attached hydrogens (tertiary/aromatic N) is 3. The van der Waals surface area contributed by atoms with Gasteiger partial charge in [-0.05, 0) is 19.1 Å². The molecule has 1 aliphatic rings. The molecule has 1 aromatic carbocycles. The van der Waals surface area contributed by atoms with Crippen molar-refractivity contribution in [3.8, 4) is 5.75 Å². The molecule has 3 rings (SSSR count). The SMILES string of the molecule is CC1OC(n2cncn2)(C(C)(C)C)OC1(C)Oc1ccc(Cl)c(Cl)c1. The van der Waals surface area contributed by atoms with Gasteiger partial charge in [-0.3, -0.25) is 4.74 Å². The molecule has 0 spiro atoms. The van der Waals surface area contributed by atoms with E-state index in [-0.39, 0.29) is 6.10 Å². The predicted octanol–water partition coefficient (Wildman–Crippen LogP) is 4.47. The van der Waals surface area contributed by atoms with Crippen LogP contribution in [0, 0.1) is 5.41 Å². The zero-order valence-electron chi connectivity index (χ0n) is 14.8. The van der Waals surface area contributed by atoms with Crippen LogP contribution in [-0.2, 0) is 15.4 Å². The van der Waals surface area contributed by atoms with E-state index >= 15 is 0 Å². The first-order valence-corrected chi connectivity index (χ1v) is 8.70. The molecule has 1 aromatic heterocycles. The van der Waals surface area contributed by atoms with E-state index in [9.17, 15) is 0 Å². The zero-order chi connectivity index (χ0) is 18.5. The number of rotatable bonds is 3. The highest BCUT2D eigenvalue weighted by atomic mass is 35.5. The fourth-order valence-electron chi connectivity index (χ4n) is 2.74. The highest BCUT2D eigenvalue weighted by Gasteiger charge is 2.62. The summed E-state index contributed by atoms with van der Waals surface area (Å²) < 4.78 is 20.3. The Morgan fingerprint density at radius 3 is 2.52 bits per heavy atom. The molecular weight excluding hydrogens is 365 g/mol. The normalized spacial score (nSPS) is 29.8. The molecule has 1 saturated heterocycles. The molecule has 1 aliphatic heterocycles. The first kappa shape index (κ1) is 18.5. The highest BCUT2D eigenvalue weighted by Crippen LogP contribution is 2.50. The molecule has 136 valence electrons. The molecule has 0 amide bonds. The van der Waals surface area contributed by atoms with Crippen molar-refractivity contribution in [2.45, 2.75) is 52.4 Å². The minimum absolute atomic E-state index is 0.384. The summed E-state index contributed by atoms with van der Waals surface area (Å²) in [7, 11) is 0. The fourth-order valence-corrected chi connectivity index (χ4v) is 3.03. The van der Waals surface area contributed by atoms with Gasteiger partial charge >= 0.3 is 0 Å². The summed E-state index contributed by atoms with van der Waals surface area (Å²) in [4.78, 5) is 4.02. The Bertz CT molecular complexity index is 763. The highest BCUT2D eigenvalue weighted by molar-refractivity contribution is 6.42. The minimum Gasteiger partial charge on any atom is -0.460 e. The van der Waals surface area contributed by atoms with Crippen LogP contribution in [0.4, 0.5) is 0 Å². The maximum atomic E-state index is 6.37. The lowest BCUT2D eigenvalue weighted by Crippen LogP contribution is -2.49. The second-order valence-electron chi connectivity index (χ2n) is 7.23. The Kier molecular flexibility index (Phi) is 4.52. The van der Waals surface area contributed by atoms with E-state index in [1.807, 2.05) is 34.6 Å². The maximum absolute atomic E-state index is 6.37. The molecule has 2 heterocycles. The molecule has 0 aliphatic carbocycles. The van der Waals surface area contributed by atoms with Crippen molar-refractivity contribution in [1.82, 2.24) is 14.8 Å². The topological polar surface area (TPSA) is 58.4 Å². The van der Waals surface area contributed by atoms with Crippen LogP contribution in [0.25, 0.3) is 0 Å². The predicted molar refractivity (Wildman–Crippen MR) is 94.6 cm³/mol. The van der Waals surface area contributed by atoms with Crippen LogP contribution in [0.2, 0.25) is 10.0 Å². The second-order valence-corrected chi connectivity index (χ2v) is 8.04. The summed E-state index contributed by atoms with van der Waals surface area (Å²) in [5.74, 6) is -1.68. The van der Waals surface area contributed by atoms with Gasteiger partial charge in [0.15, 0.2) is 0 Å². The van der Waals surface area contributed by atoms with Crippen molar-refractivity contribution in [3.05, 3.63) is 40.9 Å². The summed E-state index contributed by atoms with van der Waals surface area (Å²) in [5, 5.41) is 5.10. The van der Waals surface area contributed by atoms with E-state index in [1.54, 1.807) is 29.2 Å². The van der Waals surface area contributed by atoms with Gasteiger partial charge in [-0.15, -0.1) is 0 Å². The zero-order valence-corrected chi connectivity index (χ0v) is 16.3. The molecule has 0 radical (unpaired) electrons. The van der Waals surface area contributed by atoms with Gasteiger partial charge in [0.25, 0.3) is 5.91 Å². The largest absolute Gasteiger partial charge is 0.460 e. The van der Waals surface area contributed by atoms with E-state index in [0.29, 0.717) is 15.8 Å². The molecule has 6 nitrogen and oxygen atoms in total. The third-order valence-electron chi connectivity index (χ3n) is 4.30. The third kappa shape index (κ3) is 3.12. The number of aromatic nitrogens is 3. The lowest BCUT2D eigenvalue weighted by molar-refractivity contribution is -0.330. The summed E-state index contributed by atoms with van der Waals surface area (Å²) in [6, 6.07) is 5.07. The van der Waals surface area contributed by atoms with Crippen LogP contribution in [0.15, 0.2) is 30.9 Å². The van der Waals surface area contributed by atoms with Crippen molar-refractivity contribution in [2.75, 3.05) is 0 Å². The lowest BCUT2D eigenvalue weighted by atomic mass is 9.91. The summed E-state index contributed by atoms with van der Waals surface area (Å²) in [6.07, 6.45) is 2.63. The second kappa shape index (κ2) is 6.13. The van der Waals surface area contributed by atoms with Gasteiger partial charge < -0.3 is 9.47 Å². The Morgan fingerprint density at radius 1 is 1.24 bits per heavy atom. The van der Waals surface area contributed by atoms with E-state index in [2.05, 4.69) is 10.1 Å². The van der Waals surface area contributed by atoms with Crippen LogP contribution in [-0.4, -0.2) is 26.7 Å². The maximum Gasteiger partial charge on any atom is 0.281 e. The van der Waals surface area contributed by atoms with Gasteiger partial charge in [0, 0.05) is 18.4 Å². The fraction of sp³-hybridized carbons (Fsp3) is 0.529. The average Bonchev–Trinajstić information content (AvgIpc) is 3.11. The number of hydrogen-bond donors (Lipinski definition) is 0. The van der Waals surface area contributed by atoms with Gasteiger partial charge in [0.2, 0.25) is 5.79 Å². The summed E-state index contributed by atoms with van der Waals surface area (Å²) in [6.45, 7) is 9.73. The van der Waals surface area contributed by atoms with Crippen LogP contribution in [0.1, 0.15) is 34.6 Å². The van der Waals surface area contributed by atoms with Gasteiger partial charge in [-0.1, -0.05) is 44.0 Å². The minimum atomic E-state index is -1.16. The number of halogens is 2. The standard InChI is InChI=1S/C17H21Cl2N3O3/c1-11-16(5,24-12-6-7-13(18)14(19)8-12)25-17(23-11,15(2,3)4)22-10-20-9-21-22/h6-11H,1-5H3. The van der Waals surface area contributed by atoms with Crippen molar-refractivity contribution >= 4 is 23.2 Å². The van der Waals surface area contributed by atoms with Gasteiger partial charge in [-0.25, -0.2) is 4.98 Å². The number of hydrogen-bond acceptors (Lipinski definition) is 5. The lowest BCUT2D eigenvalue weighted by Gasteiger charge is -2.39. The Morgan fingerprint density at radius 2 is 1.96 bits per heavy atom. The molecular formula is C17H21Cl2N3O3. The number of ether oxygens (including phenoxy) is 3. The molecule has 8 heteroatoms. The molecule has 25 heavy (non-hydrogen) atoms. The van der Waals surface area contributed by atoms with Crippen molar-refractivity contribution in [3.63, 3.8) is 0 Å². The van der Waals surface area contributed by atoms with E-state index < -0.39 is 17.1 Å². The molecule has 1 fully saturated rings. The molecule has 0 N–H and O–H groups in total. The van der Waals surface area contributed by atoms with E-state index in [4.69, 9.17) is 37.4 Å². The van der Waals surface area contributed by atoms with Crippen molar-refractivity contribution in [1.29, 1.82) is 0 Å². The van der Waals surface area contributed by atoms with E-state index in [0.717, 1.165) is 0 Å². The molecule has 3 unspecified atom stereocenters. The Hall–Kier alpha value is -1.34. The van der Waals surface area contributed by atoms with Gasteiger partial charge in [0.1, 0.15) is 24.5 Å². The quantitative estimate of drug-likeness (QED) is 0.779. The third-order valence-corrected chi connectivity index (χ3v) is 5.03. The first-order chi connectivity index (χ1) is 11.6. The van der Waals surface area contributed by atoms with Crippen LogP contribution < -0.4 is 4.74 Å². The smallest absolute Gasteiger partial charge is 0.281 e. The average molecular weight is 386 g/mol. The monoisotopic (exact) mass is 385 g/mol. The number of benzene rings is 1. The van der Waals surface area contributed by atoms with Crippen LogP contribution in [0.3, 0.4) is 0 Å². The molecule has 0 saturated carbocycles. The van der Waals surface area contributed by atoms with Crippen molar-refractivity contribution in [2.24, 2.45) is 5.41 Å². The van der Waals surface area contributed by atoms with Gasteiger partial charge in [0.05, 0.1) is 10.0 Å². The Balaban J connectivity index is 1.96. The summed E-state index contributed by atoms with van der Waals surface area (Å²) >= 11 is 12.1.